The summed E-state index contributed by atoms with van der Waals surface area (Å²) in [5, 5.41) is 21.0. The van der Waals surface area contributed by atoms with Crippen LogP contribution in [0.1, 0.15) is 29.5 Å². The summed E-state index contributed by atoms with van der Waals surface area (Å²) in [7, 11) is 0. The zero-order chi connectivity index (χ0) is 12.9. The molecule has 1 aromatic heterocycles. The predicted molar refractivity (Wildman–Crippen MR) is 61.4 cm³/mol. The lowest BCUT2D eigenvalue weighted by atomic mass is 9.98. The Morgan fingerprint density at radius 3 is 2.41 bits per heavy atom. The highest BCUT2D eigenvalue weighted by molar-refractivity contribution is 5.92. The third-order valence-corrected chi connectivity index (χ3v) is 2.67. The molecule has 0 atom stereocenters. The van der Waals surface area contributed by atoms with Gasteiger partial charge in [-0.05, 0) is 13.3 Å². The van der Waals surface area contributed by atoms with Crippen molar-refractivity contribution in [2.24, 2.45) is 0 Å². The van der Waals surface area contributed by atoms with Crippen LogP contribution in [0.4, 0.5) is 0 Å². The molecule has 0 aliphatic rings. The van der Waals surface area contributed by atoms with E-state index in [9.17, 15) is 15.0 Å². The van der Waals surface area contributed by atoms with Crippen LogP contribution in [-0.4, -0.2) is 44.8 Å². The number of nitrogens with zero attached hydrogens (tertiary/aromatic N) is 2. The highest BCUT2D eigenvalue weighted by Gasteiger charge is 2.29. The van der Waals surface area contributed by atoms with Gasteiger partial charge in [0.15, 0.2) is 0 Å². The molecule has 0 bridgehead atoms. The van der Waals surface area contributed by atoms with E-state index in [2.05, 4.69) is 15.3 Å². The number of carbonyl (C=O) groups excluding carboxylic acids is 1. The SMILES string of the molecule is CCC(CO)(CO)NC(=O)c1cnc(C)cn1. The van der Waals surface area contributed by atoms with Gasteiger partial charge in [-0.3, -0.25) is 9.78 Å². The first-order valence-electron chi connectivity index (χ1n) is 5.40. The number of amides is 1. The van der Waals surface area contributed by atoms with Crippen LogP contribution in [0.3, 0.4) is 0 Å². The van der Waals surface area contributed by atoms with Crippen LogP contribution in [0.2, 0.25) is 0 Å². The number of aromatic nitrogens is 2. The van der Waals surface area contributed by atoms with Crippen LogP contribution in [0.5, 0.6) is 0 Å². The third-order valence-electron chi connectivity index (χ3n) is 2.67. The summed E-state index contributed by atoms with van der Waals surface area (Å²) in [6.45, 7) is 2.88. The Labute approximate surface area is 99.7 Å². The molecule has 0 aliphatic heterocycles. The van der Waals surface area contributed by atoms with Crippen LogP contribution in [0, 0.1) is 6.92 Å². The molecule has 6 heteroatoms. The van der Waals surface area contributed by atoms with Crippen LogP contribution in [0.15, 0.2) is 12.4 Å². The van der Waals surface area contributed by atoms with Gasteiger partial charge in [0, 0.05) is 6.20 Å². The molecule has 1 aromatic rings. The van der Waals surface area contributed by atoms with E-state index >= 15 is 0 Å². The smallest absolute Gasteiger partial charge is 0.272 e. The molecule has 0 saturated carbocycles. The van der Waals surface area contributed by atoms with Crippen molar-refractivity contribution in [3.8, 4) is 0 Å². The van der Waals surface area contributed by atoms with E-state index in [1.54, 1.807) is 13.8 Å². The van der Waals surface area contributed by atoms with Crippen molar-refractivity contribution in [1.29, 1.82) is 0 Å². The normalized spacial score (nSPS) is 11.3. The zero-order valence-corrected chi connectivity index (χ0v) is 9.97. The standard InChI is InChI=1S/C11H17N3O3/c1-3-11(6-15,7-16)14-10(17)9-5-12-8(2)4-13-9/h4-5,15-16H,3,6-7H2,1-2H3,(H,14,17). The maximum atomic E-state index is 11.8. The van der Waals surface area contributed by atoms with Crippen molar-refractivity contribution in [3.05, 3.63) is 23.8 Å². The lowest BCUT2D eigenvalue weighted by Crippen LogP contribution is -2.54. The monoisotopic (exact) mass is 239 g/mol. The van der Waals surface area contributed by atoms with Crippen molar-refractivity contribution in [3.63, 3.8) is 0 Å². The van der Waals surface area contributed by atoms with Crippen LogP contribution >= 0.6 is 0 Å². The Bertz CT molecular complexity index is 366. The largest absolute Gasteiger partial charge is 0.394 e. The summed E-state index contributed by atoms with van der Waals surface area (Å²) in [5.74, 6) is -0.456. The Morgan fingerprint density at radius 1 is 1.35 bits per heavy atom. The average Bonchev–Trinajstić information content (AvgIpc) is 2.37. The van der Waals surface area contributed by atoms with E-state index in [0.717, 1.165) is 0 Å². The average molecular weight is 239 g/mol. The molecule has 94 valence electrons. The fourth-order valence-corrected chi connectivity index (χ4v) is 1.26. The van der Waals surface area contributed by atoms with E-state index < -0.39 is 11.4 Å². The van der Waals surface area contributed by atoms with Crippen LogP contribution < -0.4 is 5.32 Å². The molecule has 1 rings (SSSR count). The molecular formula is C11H17N3O3. The first-order chi connectivity index (χ1) is 8.06. The molecule has 3 N–H and O–H groups in total. The number of carbonyl (C=O) groups is 1. The molecule has 0 aromatic carbocycles. The van der Waals surface area contributed by atoms with Crippen molar-refractivity contribution in [2.45, 2.75) is 25.8 Å². The summed E-state index contributed by atoms with van der Waals surface area (Å²) in [6, 6.07) is 0. The maximum absolute atomic E-state index is 11.8. The molecule has 0 radical (unpaired) electrons. The molecule has 0 spiro atoms. The number of aryl methyl sites for hydroxylation is 1. The first kappa shape index (κ1) is 13.5. The van der Waals surface area contributed by atoms with Gasteiger partial charge in [-0.15, -0.1) is 0 Å². The Balaban J connectivity index is 2.81. The lowest BCUT2D eigenvalue weighted by Gasteiger charge is -2.29. The Hall–Kier alpha value is -1.53. The summed E-state index contributed by atoms with van der Waals surface area (Å²) in [6.07, 6.45) is 3.27. The second-order valence-electron chi connectivity index (χ2n) is 3.95. The molecule has 0 aliphatic carbocycles. The quantitative estimate of drug-likeness (QED) is 0.652. The van der Waals surface area contributed by atoms with E-state index in [-0.39, 0.29) is 18.9 Å². The lowest BCUT2D eigenvalue weighted by molar-refractivity contribution is 0.0648. The Morgan fingerprint density at radius 2 is 2.00 bits per heavy atom. The summed E-state index contributed by atoms with van der Waals surface area (Å²) in [5.41, 5.74) is -0.133. The van der Waals surface area contributed by atoms with E-state index in [4.69, 9.17) is 0 Å². The van der Waals surface area contributed by atoms with Gasteiger partial charge in [-0.25, -0.2) is 4.98 Å². The highest BCUT2D eigenvalue weighted by Crippen LogP contribution is 2.09. The Kier molecular flexibility index (Phi) is 4.53. The number of hydrogen-bond acceptors (Lipinski definition) is 5. The highest BCUT2D eigenvalue weighted by atomic mass is 16.3. The number of aliphatic hydroxyl groups excluding tert-OH is 2. The molecule has 6 nitrogen and oxygen atoms in total. The van der Waals surface area contributed by atoms with E-state index in [1.807, 2.05) is 0 Å². The molecule has 1 heterocycles. The van der Waals surface area contributed by atoms with Gasteiger partial charge in [0.05, 0.1) is 30.6 Å². The minimum absolute atomic E-state index is 0.162. The molecule has 1 amide bonds. The summed E-state index contributed by atoms with van der Waals surface area (Å²) >= 11 is 0. The summed E-state index contributed by atoms with van der Waals surface area (Å²) in [4.78, 5) is 19.7. The number of rotatable bonds is 5. The van der Waals surface area contributed by atoms with Crippen molar-refractivity contribution < 1.29 is 15.0 Å². The number of nitrogens with one attached hydrogen (secondary N) is 1. The topological polar surface area (TPSA) is 95.3 Å². The molecule has 0 unspecified atom stereocenters. The van der Waals surface area contributed by atoms with Gasteiger partial charge in [-0.2, -0.15) is 0 Å². The van der Waals surface area contributed by atoms with Gasteiger partial charge in [0.1, 0.15) is 5.69 Å². The zero-order valence-electron chi connectivity index (χ0n) is 9.97. The van der Waals surface area contributed by atoms with Gasteiger partial charge < -0.3 is 15.5 Å². The number of aliphatic hydroxyl groups is 2. The van der Waals surface area contributed by atoms with Crippen molar-refractivity contribution in [2.75, 3.05) is 13.2 Å². The van der Waals surface area contributed by atoms with E-state index in [1.165, 1.54) is 12.4 Å². The van der Waals surface area contributed by atoms with Gasteiger partial charge >= 0.3 is 0 Å². The van der Waals surface area contributed by atoms with Crippen LogP contribution in [0.25, 0.3) is 0 Å². The van der Waals surface area contributed by atoms with Gasteiger partial charge in [-0.1, -0.05) is 6.92 Å². The van der Waals surface area contributed by atoms with Gasteiger partial charge in [0.2, 0.25) is 0 Å². The minimum Gasteiger partial charge on any atom is -0.394 e. The van der Waals surface area contributed by atoms with Crippen molar-refractivity contribution in [1.82, 2.24) is 15.3 Å². The molecular weight excluding hydrogens is 222 g/mol. The first-order valence-corrected chi connectivity index (χ1v) is 5.40. The van der Waals surface area contributed by atoms with E-state index in [0.29, 0.717) is 12.1 Å². The number of hydrogen-bond donors (Lipinski definition) is 3. The second kappa shape index (κ2) is 5.70. The van der Waals surface area contributed by atoms with Gasteiger partial charge in [0.25, 0.3) is 5.91 Å². The third kappa shape index (κ3) is 3.21. The molecule has 0 fully saturated rings. The summed E-state index contributed by atoms with van der Waals surface area (Å²) < 4.78 is 0. The maximum Gasteiger partial charge on any atom is 0.272 e. The molecule has 0 saturated heterocycles. The van der Waals surface area contributed by atoms with Crippen molar-refractivity contribution >= 4 is 5.91 Å². The minimum atomic E-state index is -1.01. The second-order valence-corrected chi connectivity index (χ2v) is 3.95. The fraction of sp³-hybridized carbons (Fsp3) is 0.545. The fourth-order valence-electron chi connectivity index (χ4n) is 1.26. The predicted octanol–water partition coefficient (Wildman–Crippen LogP) is -0.352. The van der Waals surface area contributed by atoms with Crippen LogP contribution in [-0.2, 0) is 0 Å². The molecule has 17 heavy (non-hydrogen) atoms.